The van der Waals surface area contributed by atoms with E-state index in [4.69, 9.17) is 0 Å². The Morgan fingerprint density at radius 3 is 2.46 bits per heavy atom. The van der Waals surface area contributed by atoms with Gasteiger partial charge in [-0.25, -0.2) is 0 Å². The van der Waals surface area contributed by atoms with Crippen molar-refractivity contribution in [2.24, 2.45) is 5.92 Å². The fourth-order valence-corrected chi connectivity index (χ4v) is 2.31. The molecule has 0 aromatic heterocycles. The smallest absolute Gasteiger partial charge is 0.230 e. The molecule has 0 bridgehead atoms. The first-order chi connectivity index (χ1) is 6.25. The van der Waals surface area contributed by atoms with Crippen molar-refractivity contribution >= 4 is 11.7 Å². The lowest BCUT2D eigenvalue weighted by molar-refractivity contribution is -0.128. The van der Waals surface area contributed by atoms with Gasteiger partial charge in [0.15, 0.2) is 5.78 Å². The highest BCUT2D eigenvalue weighted by atomic mass is 16.2. The monoisotopic (exact) mass is 181 g/mol. The van der Waals surface area contributed by atoms with E-state index < -0.39 is 0 Å². The lowest BCUT2D eigenvalue weighted by atomic mass is 10.1. The number of ketones is 1. The number of nitrogens with zero attached hydrogens (tertiary/aromatic N) is 1. The Morgan fingerprint density at radius 1 is 1.23 bits per heavy atom. The van der Waals surface area contributed by atoms with Crippen LogP contribution in [-0.4, -0.2) is 29.7 Å². The molecule has 1 aliphatic heterocycles. The highest BCUT2D eigenvalue weighted by Gasteiger charge is 2.29. The summed E-state index contributed by atoms with van der Waals surface area (Å²) < 4.78 is 0. The van der Waals surface area contributed by atoms with Crippen molar-refractivity contribution in [3.05, 3.63) is 0 Å². The van der Waals surface area contributed by atoms with Crippen LogP contribution in [0.4, 0.5) is 0 Å². The van der Waals surface area contributed by atoms with Gasteiger partial charge in [0.25, 0.3) is 0 Å². The van der Waals surface area contributed by atoms with Crippen LogP contribution in [-0.2, 0) is 9.59 Å². The fraction of sp³-hybridized carbons (Fsp3) is 0.800. The van der Waals surface area contributed by atoms with E-state index >= 15 is 0 Å². The second-order valence-corrected chi connectivity index (χ2v) is 4.14. The number of hydrogen-bond acceptors (Lipinski definition) is 2. The first kappa shape index (κ1) is 8.73. The van der Waals surface area contributed by atoms with Gasteiger partial charge in [0.05, 0.1) is 13.0 Å². The predicted octanol–water partition coefficient (Wildman–Crippen LogP) is 0.978. The average Bonchev–Trinajstić information content (AvgIpc) is 2.63. The summed E-state index contributed by atoms with van der Waals surface area (Å²) in [5.74, 6) is 0.787. The van der Waals surface area contributed by atoms with Gasteiger partial charge in [-0.1, -0.05) is 12.8 Å². The summed E-state index contributed by atoms with van der Waals surface area (Å²) in [4.78, 5) is 24.0. The molecule has 3 heteroatoms. The quantitative estimate of drug-likeness (QED) is 0.595. The highest BCUT2D eigenvalue weighted by molar-refractivity contribution is 6.05. The molecule has 0 aromatic carbocycles. The first-order valence-electron chi connectivity index (χ1n) is 5.05. The summed E-state index contributed by atoms with van der Waals surface area (Å²) in [6.45, 7) is 1.19. The van der Waals surface area contributed by atoms with E-state index in [1.807, 2.05) is 0 Å². The van der Waals surface area contributed by atoms with Gasteiger partial charge in [0, 0.05) is 6.54 Å². The number of carbonyl (C=O) groups is 2. The average molecular weight is 181 g/mol. The van der Waals surface area contributed by atoms with Crippen molar-refractivity contribution in [3.8, 4) is 0 Å². The molecule has 0 unspecified atom stereocenters. The molecule has 0 N–H and O–H groups in total. The number of Topliss-reactive ketones (excluding diaryl/α,β-unsaturated/α-hetero) is 1. The van der Waals surface area contributed by atoms with E-state index in [-0.39, 0.29) is 18.1 Å². The molecule has 2 aliphatic rings. The van der Waals surface area contributed by atoms with Crippen LogP contribution in [0.1, 0.15) is 32.1 Å². The number of carbonyl (C=O) groups excluding carboxylic acids is 2. The van der Waals surface area contributed by atoms with E-state index in [0.717, 1.165) is 6.54 Å². The van der Waals surface area contributed by atoms with Gasteiger partial charge in [0.1, 0.15) is 0 Å². The van der Waals surface area contributed by atoms with E-state index in [1.54, 1.807) is 4.90 Å². The van der Waals surface area contributed by atoms with Gasteiger partial charge in [-0.05, 0) is 18.8 Å². The number of amides is 1. The summed E-state index contributed by atoms with van der Waals surface area (Å²) in [7, 11) is 0. The van der Waals surface area contributed by atoms with Crippen LogP contribution in [0.15, 0.2) is 0 Å². The molecule has 0 aromatic rings. The van der Waals surface area contributed by atoms with Crippen molar-refractivity contribution < 1.29 is 9.59 Å². The molecule has 1 aliphatic carbocycles. The topological polar surface area (TPSA) is 37.4 Å². The van der Waals surface area contributed by atoms with Gasteiger partial charge in [-0.2, -0.15) is 0 Å². The van der Waals surface area contributed by atoms with E-state index in [1.165, 1.54) is 25.7 Å². The van der Waals surface area contributed by atoms with Crippen LogP contribution in [0.3, 0.4) is 0 Å². The fourth-order valence-electron chi connectivity index (χ4n) is 2.31. The molecule has 2 fully saturated rings. The normalized spacial score (nSPS) is 24.8. The largest absolute Gasteiger partial charge is 0.335 e. The molecule has 0 radical (unpaired) electrons. The summed E-state index contributed by atoms with van der Waals surface area (Å²) in [6.07, 6.45) is 5.20. The highest BCUT2D eigenvalue weighted by Crippen LogP contribution is 2.26. The van der Waals surface area contributed by atoms with Crippen LogP contribution in [0, 0.1) is 5.92 Å². The maximum absolute atomic E-state index is 11.3. The molecule has 0 spiro atoms. The zero-order valence-electron chi connectivity index (χ0n) is 7.79. The van der Waals surface area contributed by atoms with Crippen LogP contribution in [0.25, 0.3) is 0 Å². The molecule has 1 saturated carbocycles. The third-order valence-electron chi connectivity index (χ3n) is 3.02. The minimum Gasteiger partial charge on any atom is -0.335 e. The number of rotatable bonds is 2. The third kappa shape index (κ3) is 1.90. The summed E-state index contributed by atoms with van der Waals surface area (Å²) in [5, 5.41) is 0. The lowest BCUT2D eigenvalue weighted by Gasteiger charge is -2.18. The molecule has 13 heavy (non-hydrogen) atoms. The van der Waals surface area contributed by atoms with Gasteiger partial charge in [-0.15, -0.1) is 0 Å². The molecule has 1 saturated heterocycles. The molecule has 0 atom stereocenters. The minimum atomic E-state index is 0.0388. The summed E-state index contributed by atoms with van der Waals surface area (Å²) in [5.41, 5.74) is 0. The Kier molecular flexibility index (Phi) is 2.34. The molecular formula is C10H15NO2. The molecule has 1 amide bonds. The zero-order valence-corrected chi connectivity index (χ0v) is 7.79. The van der Waals surface area contributed by atoms with Gasteiger partial charge in [-0.3, -0.25) is 9.59 Å². The van der Waals surface area contributed by atoms with Crippen molar-refractivity contribution in [1.82, 2.24) is 4.90 Å². The van der Waals surface area contributed by atoms with Crippen LogP contribution in [0.5, 0.6) is 0 Å². The van der Waals surface area contributed by atoms with Crippen LogP contribution < -0.4 is 0 Å². The number of hydrogen-bond donors (Lipinski definition) is 0. The van der Waals surface area contributed by atoms with E-state index in [2.05, 4.69) is 0 Å². The molecule has 2 rings (SSSR count). The van der Waals surface area contributed by atoms with E-state index in [0.29, 0.717) is 12.5 Å². The van der Waals surface area contributed by atoms with Gasteiger partial charge >= 0.3 is 0 Å². The molecule has 72 valence electrons. The maximum atomic E-state index is 11.3. The molecular weight excluding hydrogens is 166 g/mol. The van der Waals surface area contributed by atoms with Gasteiger partial charge in [0.2, 0.25) is 5.91 Å². The Morgan fingerprint density at radius 2 is 1.92 bits per heavy atom. The Labute approximate surface area is 78.1 Å². The van der Waals surface area contributed by atoms with Crippen LogP contribution in [0.2, 0.25) is 0 Å². The van der Waals surface area contributed by atoms with Crippen LogP contribution >= 0.6 is 0 Å². The summed E-state index contributed by atoms with van der Waals surface area (Å²) >= 11 is 0. The lowest BCUT2D eigenvalue weighted by Crippen LogP contribution is -2.30. The Bertz CT molecular complexity index is 231. The SMILES string of the molecule is O=C1CC(=O)N(CC2CCCC2)C1. The second-order valence-electron chi connectivity index (χ2n) is 4.14. The maximum Gasteiger partial charge on any atom is 0.230 e. The molecule has 1 heterocycles. The standard InChI is InChI=1S/C10H15NO2/c12-9-5-10(13)11(7-9)6-8-3-1-2-4-8/h8H,1-7H2. The second kappa shape index (κ2) is 3.48. The Balaban J connectivity index is 1.87. The van der Waals surface area contributed by atoms with E-state index in [9.17, 15) is 9.59 Å². The number of likely N-dealkylation sites (tertiary alicyclic amines) is 1. The third-order valence-corrected chi connectivity index (χ3v) is 3.02. The molecule has 3 nitrogen and oxygen atoms in total. The van der Waals surface area contributed by atoms with Crippen molar-refractivity contribution in [3.63, 3.8) is 0 Å². The van der Waals surface area contributed by atoms with Crippen molar-refractivity contribution in [1.29, 1.82) is 0 Å². The zero-order chi connectivity index (χ0) is 9.26. The van der Waals surface area contributed by atoms with Crippen molar-refractivity contribution in [2.75, 3.05) is 13.1 Å². The van der Waals surface area contributed by atoms with Crippen molar-refractivity contribution in [2.45, 2.75) is 32.1 Å². The Hall–Kier alpha value is -0.860. The summed E-state index contributed by atoms with van der Waals surface area (Å²) in [6, 6.07) is 0. The predicted molar refractivity (Wildman–Crippen MR) is 48.2 cm³/mol. The first-order valence-corrected chi connectivity index (χ1v) is 5.05. The minimum absolute atomic E-state index is 0.0388. The van der Waals surface area contributed by atoms with Gasteiger partial charge < -0.3 is 4.90 Å².